The summed E-state index contributed by atoms with van der Waals surface area (Å²) in [5.74, 6) is 0.237. The molecule has 2 heterocycles. The minimum atomic E-state index is 0.0324. The number of aromatic nitrogens is 1. The van der Waals surface area contributed by atoms with Crippen LogP contribution in [0.5, 0.6) is 0 Å². The normalized spacial score (nSPS) is 12.5. The molecule has 108 valence electrons. The fourth-order valence-electron chi connectivity index (χ4n) is 3.24. The van der Waals surface area contributed by atoms with Gasteiger partial charge in [0.05, 0.1) is 11.1 Å². The molecule has 0 bridgehead atoms. The number of benzene rings is 2. The molecule has 0 N–H and O–H groups in total. The zero-order valence-corrected chi connectivity index (χ0v) is 12.8. The predicted molar refractivity (Wildman–Crippen MR) is 87.8 cm³/mol. The van der Waals surface area contributed by atoms with Crippen LogP contribution >= 0.6 is 0 Å². The number of fused-ring (bicyclic) bond motifs is 4. The van der Waals surface area contributed by atoms with Crippen molar-refractivity contribution in [2.45, 2.75) is 20.4 Å². The van der Waals surface area contributed by atoms with Gasteiger partial charge in [-0.05, 0) is 29.0 Å². The van der Waals surface area contributed by atoms with E-state index in [2.05, 4.69) is 47.0 Å². The second-order valence-electron chi connectivity index (χ2n) is 6.31. The summed E-state index contributed by atoms with van der Waals surface area (Å²) >= 11 is 0. The summed E-state index contributed by atoms with van der Waals surface area (Å²) in [4.78, 5) is 12.2. The van der Waals surface area contributed by atoms with E-state index in [1.165, 1.54) is 27.6 Å². The van der Waals surface area contributed by atoms with Crippen molar-refractivity contribution in [3.05, 3.63) is 65.9 Å². The fourth-order valence-corrected chi connectivity index (χ4v) is 3.24. The summed E-state index contributed by atoms with van der Waals surface area (Å²) in [6.07, 6.45) is 2.00. The summed E-state index contributed by atoms with van der Waals surface area (Å²) < 4.78 is 2.19. The second kappa shape index (κ2) is 4.77. The molecule has 0 radical (unpaired) electrons. The molecule has 1 aliphatic rings. The van der Waals surface area contributed by atoms with Gasteiger partial charge in [-0.3, -0.25) is 4.79 Å². The molecular weight excluding hydrogens is 270 g/mol. The van der Waals surface area contributed by atoms with E-state index in [0.717, 1.165) is 12.1 Å². The van der Waals surface area contributed by atoms with Gasteiger partial charge in [-0.15, -0.1) is 0 Å². The lowest BCUT2D eigenvalue weighted by Gasteiger charge is -2.03. The molecular formula is C20H18NO+. The molecule has 0 spiro atoms. The van der Waals surface area contributed by atoms with E-state index in [4.69, 9.17) is 0 Å². The minimum Gasteiger partial charge on any atom is -0.294 e. The molecule has 4 rings (SSSR count). The van der Waals surface area contributed by atoms with Gasteiger partial charge in [0.25, 0.3) is 0 Å². The van der Waals surface area contributed by atoms with Crippen molar-refractivity contribution in [1.29, 1.82) is 0 Å². The van der Waals surface area contributed by atoms with Crippen LogP contribution in [0.15, 0.2) is 54.7 Å². The third kappa shape index (κ3) is 1.95. The topological polar surface area (TPSA) is 20.9 Å². The first kappa shape index (κ1) is 13.2. The minimum absolute atomic E-state index is 0.0324. The first-order valence-electron chi connectivity index (χ1n) is 7.73. The zero-order valence-electron chi connectivity index (χ0n) is 12.8. The highest BCUT2D eigenvalue weighted by atomic mass is 16.1. The van der Waals surface area contributed by atoms with Crippen molar-refractivity contribution >= 4 is 16.6 Å². The lowest BCUT2D eigenvalue weighted by molar-refractivity contribution is -0.672. The second-order valence-corrected chi connectivity index (χ2v) is 6.31. The van der Waals surface area contributed by atoms with E-state index in [-0.39, 0.29) is 11.7 Å². The van der Waals surface area contributed by atoms with Crippen LogP contribution in [0, 0.1) is 5.92 Å². The number of carbonyl (C=O) groups is 1. The van der Waals surface area contributed by atoms with Crippen LogP contribution in [0.2, 0.25) is 0 Å². The largest absolute Gasteiger partial charge is 0.294 e. The number of hydrogen-bond acceptors (Lipinski definition) is 1. The van der Waals surface area contributed by atoms with E-state index < -0.39 is 0 Å². The third-order valence-electron chi connectivity index (χ3n) is 4.42. The van der Waals surface area contributed by atoms with Crippen LogP contribution in [0.3, 0.4) is 0 Å². The predicted octanol–water partition coefficient (Wildman–Crippen LogP) is 3.99. The van der Waals surface area contributed by atoms with Gasteiger partial charge >= 0.3 is 0 Å². The highest BCUT2D eigenvalue weighted by Crippen LogP contribution is 2.31. The third-order valence-corrected chi connectivity index (χ3v) is 4.42. The molecule has 2 aromatic carbocycles. The monoisotopic (exact) mass is 288 g/mol. The molecule has 0 saturated carbocycles. The molecule has 0 fully saturated rings. The van der Waals surface area contributed by atoms with Gasteiger partial charge in [0.15, 0.2) is 18.5 Å². The molecule has 0 saturated heterocycles. The van der Waals surface area contributed by atoms with Gasteiger partial charge in [-0.2, -0.15) is 4.57 Å². The molecule has 0 unspecified atom stereocenters. The summed E-state index contributed by atoms with van der Waals surface area (Å²) in [5.41, 5.74) is 4.60. The van der Waals surface area contributed by atoms with E-state index in [0.29, 0.717) is 0 Å². The molecule has 1 aromatic heterocycles. The van der Waals surface area contributed by atoms with Crippen molar-refractivity contribution in [3.8, 4) is 11.3 Å². The quantitative estimate of drug-likeness (QED) is 0.403. The Hall–Kier alpha value is -2.48. The van der Waals surface area contributed by atoms with Crippen LogP contribution in [0.1, 0.15) is 29.8 Å². The summed E-state index contributed by atoms with van der Waals surface area (Å²) in [7, 11) is 0. The molecule has 0 aliphatic carbocycles. The van der Waals surface area contributed by atoms with Gasteiger partial charge in [0.1, 0.15) is 0 Å². The summed E-state index contributed by atoms with van der Waals surface area (Å²) in [5, 5.41) is 2.53. The average Bonchev–Trinajstić information content (AvgIpc) is 2.88. The number of Topliss-reactive ketones (excluding diaryl/α,β-unsaturated/α-hetero) is 1. The van der Waals surface area contributed by atoms with Crippen molar-refractivity contribution < 1.29 is 9.36 Å². The maximum atomic E-state index is 12.2. The highest BCUT2D eigenvalue weighted by Gasteiger charge is 2.27. The van der Waals surface area contributed by atoms with E-state index >= 15 is 0 Å². The SMILES string of the molecule is CC(C)C(=O)c1ccc2[n+](c1)Cc1cc3ccccc3cc1-2. The molecule has 0 amide bonds. The van der Waals surface area contributed by atoms with Crippen LogP contribution < -0.4 is 4.57 Å². The van der Waals surface area contributed by atoms with E-state index in [9.17, 15) is 4.79 Å². The summed E-state index contributed by atoms with van der Waals surface area (Å²) in [6, 6.07) is 17.0. The number of nitrogens with zero attached hydrogens (tertiary/aromatic N) is 1. The van der Waals surface area contributed by atoms with Crippen LogP contribution in [-0.2, 0) is 6.54 Å². The Morgan fingerprint density at radius 3 is 2.50 bits per heavy atom. The van der Waals surface area contributed by atoms with Crippen LogP contribution in [0.25, 0.3) is 22.0 Å². The van der Waals surface area contributed by atoms with Gasteiger partial charge in [0, 0.05) is 17.5 Å². The van der Waals surface area contributed by atoms with Gasteiger partial charge in [0.2, 0.25) is 5.69 Å². The molecule has 3 aromatic rings. The summed E-state index contributed by atoms with van der Waals surface area (Å²) in [6.45, 7) is 4.73. The first-order valence-corrected chi connectivity index (χ1v) is 7.73. The number of hydrogen-bond donors (Lipinski definition) is 0. The number of carbonyl (C=O) groups excluding carboxylic acids is 1. The van der Waals surface area contributed by atoms with E-state index in [1.807, 2.05) is 26.1 Å². The fraction of sp³-hybridized carbons (Fsp3) is 0.200. The standard InChI is InChI=1S/C20H18NO/c1-13(2)20(22)16-7-8-19-18-10-15-6-4-3-5-14(15)9-17(18)12-21(19)11-16/h3-11,13H,12H2,1-2H3/q+1. The number of rotatable bonds is 2. The van der Waals surface area contributed by atoms with Crippen molar-refractivity contribution in [2.24, 2.45) is 5.92 Å². The van der Waals surface area contributed by atoms with Gasteiger partial charge < -0.3 is 0 Å². The lowest BCUT2D eigenvalue weighted by Crippen LogP contribution is -2.33. The van der Waals surface area contributed by atoms with Crippen molar-refractivity contribution in [2.75, 3.05) is 0 Å². The lowest BCUT2D eigenvalue weighted by atomic mass is 10.00. The smallest absolute Gasteiger partial charge is 0.213 e. The molecule has 0 atom stereocenters. The highest BCUT2D eigenvalue weighted by molar-refractivity contribution is 5.97. The average molecular weight is 288 g/mol. The molecule has 22 heavy (non-hydrogen) atoms. The number of ketones is 1. The molecule has 2 nitrogen and oxygen atoms in total. The van der Waals surface area contributed by atoms with Crippen LogP contribution in [-0.4, -0.2) is 5.78 Å². The Balaban J connectivity index is 1.85. The molecule has 2 heteroatoms. The van der Waals surface area contributed by atoms with Crippen molar-refractivity contribution in [3.63, 3.8) is 0 Å². The Kier molecular flexibility index (Phi) is 2.86. The van der Waals surface area contributed by atoms with E-state index in [1.54, 1.807) is 0 Å². The Labute approximate surface area is 130 Å². The Bertz CT molecular complexity index is 909. The Morgan fingerprint density at radius 2 is 1.77 bits per heavy atom. The van der Waals surface area contributed by atoms with Crippen LogP contribution in [0.4, 0.5) is 0 Å². The maximum Gasteiger partial charge on any atom is 0.213 e. The first-order chi connectivity index (χ1) is 10.6. The van der Waals surface area contributed by atoms with Gasteiger partial charge in [-0.1, -0.05) is 38.1 Å². The maximum absolute atomic E-state index is 12.2. The van der Waals surface area contributed by atoms with Crippen molar-refractivity contribution in [1.82, 2.24) is 0 Å². The zero-order chi connectivity index (χ0) is 15.3. The molecule has 1 aliphatic heterocycles. The Morgan fingerprint density at radius 1 is 1.05 bits per heavy atom. The van der Waals surface area contributed by atoms with Gasteiger partial charge in [-0.25, -0.2) is 0 Å². The number of pyridine rings is 1.